The predicted octanol–water partition coefficient (Wildman–Crippen LogP) is 1.16. The van der Waals surface area contributed by atoms with Crippen molar-refractivity contribution in [2.45, 2.75) is 44.2 Å². The number of hydrogen-bond acceptors (Lipinski definition) is 6. The van der Waals surface area contributed by atoms with Gasteiger partial charge in [0.15, 0.2) is 0 Å². The highest BCUT2D eigenvalue weighted by Crippen LogP contribution is 2.26. The summed E-state index contributed by atoms with van der Waals surface area (Å²) in [6.45, 7) is 4.17. The fraction of sp³-hybridized carbons (Fsp3) is 0.500. The van der Waals surface area contributed by atoms with Crippen LogP contribution in [0.15, 0.2) is 47.5 Å². The Morgan fingerprint density at radius 1 is 1.30 bits per heavy atom. The van der Waals surface area contributed by atoms with Crippen molar-refractivity contribution in [1.29, 1.82) is 0 Å². The first-order valence-electron chi connectivity index (χ1n) is 10.5. The van der Waals surface area contributed by atoms with Crippen LogP contribution in [0.25, 0.3) is 0 Å². The molecular formula is C22H31N5O3. The second-order valence-corrected chi connectivity index (χ2v) is 8.08. The minimum Gasteiger partial charge on any atom is -0.388 e. The standard InChI is InChI=1S/C22H31N5O3/c1-17(18-5-3-2-4-6-18)13-20(28)26-11-7-22(30,8-12-26)15-27-16-25-19(14-21(27)29)24-10-9-23/h2-6,14,16-17,24,30H,7-13,15,23H2,1H3/t17-/m1/s1. The maximum Gasteiger partial charge on any atom is 0.255 e. The van der Waals surface area contributed by atoms with Crippen LogP contribution >= 0.6 is 0 Å². The van der Waals surface area contributed by atoms with Gasteiger partial charge in [0.1, 0.15) is 5.82 Å². The molecule has 1 aromatic carbocycles. The molecule has 1 aliphatic rings. The van der Waals surface area contributed by atoms with Crippen molar-refractivity contribution < 1.29 is 9.90 Å². The van der Waals surface area contributed by atoms with Crippen molar-refractivity contribution in [1.82, 2.24) is 14.5 Å². The number of piperidine rings is 1. The lowest BCUT2D eigenvalue weighted by Gasteiger charge is -2.38. The zero-order valence-corrected chi connectivity index (χ0v) is 17.5. The second kappa shape index (κ2) is 9.86. The van der Waals surface area contributed by atoms with Gasteiger partial charge in [0, 0.05) is 38.7 Å². The number of carbonyl (C=O) groups is 1. The van der Waals surface area contributed by atoms with Gasteiger partial charge < -0.3 is 21.1 Å². The zero-order chi connectivity index (χ0) is 21.6. The van der Waals surface area contributed by atoms with E-state index in [1.165, 1.54) is 17.0 Å². The fourth-order valence-corrected chi connectivity index (χ4v) is 3.78. The smallest absolute Gasteiger partial charge is 0.255 e. The van der Waals surface area contributed by atoms with E-state index in [2.05, 4.69) is 17.2 Å². The average Bonchev–Trinajstić information content (AvgIpc) is 2.75. The molecule has 1 atom stereocenters. The van der Waals surface area contributed by atoms with Crippen LogP contribution < -0.4 is 16.6 Å². The first kappa shape index (κ1) is 22.0. The van der Waals surface area contributed by atoms with Crippen LogP contribution in [-0.2, 0) is 11.3 Å². The fourth-order valence-electron chi connectivity index (χ4n) is 3.78. The molecule has 8 heteroatoms. The number of nitrogens with zero attached hydrogens (tertiary/aromatic N) is 3. The van der Waals surface area contributed by atoms with Crippen LogP contribution in [0.3, 0.4) is 0 Å². The monoisotopic (exact) mass is 413 g/mol. The van der Waals surface area contributed by atoms with Crippen LogP contribution in [0, 0.1) is 0 Å². The van der Waals surface area contributed by atoms with Gasteiger partial charge in [0.25, 0.3) is 5.56 Å². The molecule has 1 aliphatic heterocycles. The van der Waals surface area contributed by atoms with Gasteiger partial charge in [-0.3, -0.25) is 14.2 Å². The normalized spacial score (nSPS) is 16.8. The van der Waals surface area contributed by atoms with E-state index < -0.39 is 5.60 Å². The highest BCUT2D eigenvalue weighted by atomic mass is 16.3. The van der Waals surface area contributed by atoms with Crippen molar-refractivity contribution in [2.75, 3.05) is 31.5 Å². The predicted molar refractivity (Wildman–Crippen MR) is 116 cm³/mol. The molecule has 2 aromatic rings. The van der Waals surface area contributed by atoms with Crippen molar-refractivity contribution >= 4 is 11.7 Å². The summed E-state index contributed by atoms with van der Waals surface area (Å²) in [5.41, 5.74) is 5.33. The number of benzene rings is 1. The minimum atomic E-state index is -1.03. The minimum absolute atomic E-state index is 0.0996. The highest BCUT2D eigenvalue weighted by molar-refractivity contribution is 5.77. The van der Waals surface area contributed by atoms with Crippen LogP contribution in [0.2, 0.25) is 0 Å². The Hall–Kier alpha value is -2.71. The van der Waals surface area contributed by atoms with Gasteiger partial charge in [-0.05, 0) is 24.3 Å². The summed E-state index contributed by atoms with van der Waals surface area (Å²) >= 11 is 0. The molecule has 0 spiro atoms. The van der Waals surface area contributed by atoms with Crippen LogP contribution in [-0.4, -0.2) is 57.2 Å². The lowest BCUT2D eigenvalue weighted by atomic mass is 9.90. The Morgan fingerprint density at radius 3 is 2.63 bits per heavy atom. The van der Waals surface area contributed by atoms with E-state index in [0.717, 1.165) is 5.56 Å². The van der Waals surface area contributed by atoms with E-state index in [9.17, 15) is 14.7 Å². The summed E-state index contributed by atoms with van der Waals surface area (Å²) < 4.78 is 1.42. The van der Waals surface area contributed by atoms with Gasteiger partial charge in [0.2, 0.25) is 5.91 Å². The molecule has 4 N–H and O–H groups in total. The molecule has 3 rings (SSSR count). The number of hydrogen-bond donors (Lipinski definition) is 3. The van der Waals surface area contributed by atoms with E-state index in [0.29, 0.717) is 51.3 Å². The molecule has 0 radical (unpaired) electrons. The topological polar surface area (TPSA) is 113 Å². The van der Waals surface area contributed by atoms with Gasteiger partial charge >= 0.3 is 0 Å². The Morgan fingerprint density at radius 2 is 2.00 bits per heavy atom. The summed E-state index contributed by atoms with van der Waals surface area (Å²) in [5, 5.41) is 13.9. The lowest BCUT2D eigenvalue weighted by molar-refractivity contribution is -0.136. The van der Waals surface area contributed by atoms with Crippen molar-refractivity contribution in [2.24, 2.45) is 5.73 Å². The van der Waals surface area contributed by atoms with Gasteiger partial charge in [-0.1, -0.05) is 37.3 Å². The molecule has 1 fully saturated rings. The summed E-state index contributed by atoms with van der Waals surface area (Å²) in [5.74, 6) is 0.722. The molecule has 8 nitrogen and oxygen atoms in total. The number of rotatable bonds is 8. The third kappa shape index (κ3) is 5.67. The Labute approximate surface area is 176 Å². The Bertz CT molecular complexity index is 891. The van der Waals surface area contributed by atoms with E-state index in [4.69, 9.17) is 5.73 Å². The number of amides is 1. The van der Waals surface area contributed by atoms with Crippen molar-refractivity contribution in [3.8, 4) is 0 Å². The molecular weight excluding hydrogens is 382 g/mol. The third-order valence-corrected chi connectivity index (χ3v) is 5.69. The quantitative estimate of drug-likeness (QED) is 0.599. The molecule has 2 heterocycles. The van der Waals surface area contributed by atoms with E-state index >= 15 is 0 Å². The molecule has 1 amide bonds. The molecule has 0 unspecified atom stereocenters. The lowest BCUT2D eigenvalue weighted by Crippen LogP contribution is -2.49. The number of anilines is 1. The van der Waals surface area contributed by atoms with E-state index in [1.807, 2.05) is 35.2 Å². The van der Waals surface area contributed by atoms with Gasteiger partial charge in [-0.2, -0.15) is 0 Å². The zero-order valence-electron chi connectivity index (χ0n) is 17.5. The highest BCUT2D eigenvalue weighted by Gasteiger charge is 2.34. The number of aliphatic hydroxyl groups is 1. The molecule has 0 bridgehead atoms. The first-order chi connectivity index (χ1) is 14.4. The second-order valence-electron chi connectivity index (χ2n) is 8.08. The molecule has 30 heavy (non-hydrogen) atoms. The largest absolute Gasteiger partial charge is 0.388 e. The number of nitrogens with one attached hydrogen (secondary N) is 1. The van der Waals surface area contributed by atoms with Crippen LogP contribution in [0.4, 0.5) is 5.82 Å². The van der Waals surface area contributed by atoms with E-state index in [1.54, 1.807) is 0 Å². The maximum absolute atomic E-state index is 12.7. The SMILES string of the molecule is C[C@H](CC(=O)N1CCC(O)(Cn2cnc(NCCN)cc2=O)CC1)c1ccccc1. The van der Waals surface area contributed by atoms with E-state index in [-0.39, 0.29) is 23.9 Å². The summed E-state index contributed by atoms with van der Waals surface area (Å²) in [6.07, 6.45) is 2.75. The molecule has 1 saturated heterocycles. The maximum atomic E-state index is 12.7. The third-order valence-electron chi connectivity index (χ3n) is 5.69. The number of nitrogens with two attached hydrogens (primary N) is 1. The number of likely N-dealkylation sites (tertiary alicyclic amines) is 1. The van der Waals surface area contributed by atoms with Crippen molar-refractivity contribution in [3.05, 3.63) is 58.6 Å². The Kier molecular flexibility index (Phi) is 7.23. The molecule has 0 aliphatic carbocycles. The summed E-state index contributed by atoms with van der Waals surface area (Å²) in [4.78, 5) is 31.0. The van der Waals surface area contributed by atoms with Crippen molar-refractivity contribution in [3.63, 3.8) is 0 Å². The van der Waals surface area contributed by atoms with Crippen LogP contribution in [0.5, 0.6) is 0 Å². The van der Waals surface area contributed by atoms with Gasteiger partial charge in [0.05, 0.1) is 18.5 Å². The number of aromatic nitrogens is 2. The van der Waals surface area contributed by atoms with Gasteiger partial charge in [-0.25, -0.2) is 4.98 Å². The first-order valence-corrected chi connectivity index (χ1v) is 10.5. The molecule has 0 saturated carbocycles. The summed E-state index contributed by atoms with van der Waals surface area (Å²) in [7, 11) is 0. The van der Waals surface area contributed by atoms with Gasteiger partial charge in [-0.15, -0.1) is 0 Å². The Balaban J connectivity index is 1.54. The van der Waals surface area contributed by atoms with Crippen LogP contribution in [0.1, 0.15) is 37.7 Å². The summed E-state index contributed by atoms with van der Waals surface area (Å²) in [6, 6.07) is 11.4. The molecule has 1 aromatic heterocycles. The number of carbonyl (C=O) groups excluding carboxylic acids is 1. The molecule has 162 valence electrons. The average molecular weight is 414 g/mol.